The first-order valence-electron chi connectivity index (χ1n) is 6.75. The SMILES string of the molecule is COC(=O)Cc1ccc(N2CC(CS(N)(=O)=O)CC2=O)cc1. The van der Waals surface area contributed by atoms with Crippen molar-refractivity contribution in [2.24, 2.45) is 11.1 Å². The van der Waals surface area contributed by atoms with E-state index in [1.165, 1.54) is 12.0 Å². The predicted molar refractivity (Wildman–Crippen MR) is 80.6 cm³/mol. The summed E-state index contributed by atoms with van der Waals surface area (Å²) in [5, 5.41) is 5.02. The minimum Gasteiger partial charge on any atom is -0.469 e. The van der Waals surface area contributed by atoms with Crippen molar-refractivity contribution in [2.45, 2.75) is 12.8 Å². The van der Waals surface area contributed by atoms with Crippen molar-refractivity contribution < 1.29 is 22.7 Å². The molecule has 2 N–H and O–H groups in total. The molecule has 1 fully saturated rings. The number of primary sulfonamides is 1. The van der Waals surface area contributed by atoms with E-state index < -0.39 is 10.0 Å². The molecule has 1 aromatic rings. The van der Waals surface area contributed by atoms with Crippen molar-refractivity contribution >= 4 is 27.6 Å². The van der Waals surface area contributed by atoms with Crippen molar-refractivity contribution in [2.75, 3.05) is 24.3 Å². The van der Waals surface area contributed by atoms with E-state index in [0.717, 1.165) is 5.56 Å². The van der Waals surface area contributed by atoms with Gasteiger partial charge in [-0.1, -0.05) is 12.1 Å². The molecule has 1 amide bonds. The van der Waals surface area contributed by atoms with Gasteiger partial charge in [-0.3, -0.25) is 9.59 Å². The Hall–Kier alpha value is -1.93. The standard InChI is InChI=1S/C14H18N2O5S/c1-21-14(18)7-10-2-4-12(5-3-10)16-8-11(6-13(16)17)9-22(15,19)20/h2-5,11H,6-9H2,1H3,(H2,15,19,20). The normalized spacial score (nSPS) is 18.5. The summed E-state index contributed by atoms with van der Waals surface area (Å²) in [7, 11) is -2.27. The molecule has 120 valence electrons. The molecule has 1 aliphatic rings. The van der Waals surface area contributed by atoms with Gasteiger partial charge in [0.25, 0.3) is 0 Å². The Kier molecular flexibility index (Phi) is 4.82. The minimum atomic E-state index is -3.59. The third kappa shape index (κ3) is 4.28. The summed E-state index contributed by atoms with van der Waals surface area (Å²) in [6, 6.07) is 6.95. The number of methoxy groups -OCH3 is 1. The first kappa shape index (κ1) is 16.4. The van der Waals surface area contributed by atoms with Gasteiger partial charge in [0.1, 0.15) is 0 Å². The summed E-state index contributed by atoms with van der Waals surface area (Å²) in [4.78, 5) is 24.7. The lowest BCUT2D eigenvalue weighted by atomic mass is 10.1. The van der Waals surface area contributed by atoms with E-state index in [2.05, 4.69) is 4.74 Å². The summed E-state index contributed by atoms with van der Waals surface area (Å²) in [5.74, 6) is -0.958. The average Bonchev–Trinajstić information content (AvgIpc) is 2.78. The van der Waals surface area contributed by atoms with Gasteiger partial charge in [-0.15, -0.1) is 0 Å². The van der Waals surface area contributed by atoms with Crippen LogP contribution in [0.3, 0.4) is 0 Å². The van der Waals surface area contributed by atoms with Crippen LogP contribution in [-0.2, 0) is 30.8 Å². The van der Waals surface area contributed by atoms with Crippen LogP contribution >= 0.6 is 0 Å². The molecule has 1 saturated heterocycles. The second-order valence-corrected chi connectivity index (χ2v) is 6.98. The molecule has 7 nitrogen and oxygen atoms in total. The number of hydrogen-bond donors (Lipinski definition) is 1. The topological polar surface area (TPSA) is 107 Å². The maximum atomic E-state index is 12.0. The Morgan fingerprint density at radius 3 is 2.55 bits per heavy atom. The van der Waals surface area contributed by atoms with Gasteiger partial charge in [-0.05, 0) is 17.7 Å². The van der Waals surface area contributed by atoms with Crippen molar-refractivity contribution in [3.8, 4) is 0 Å². The molecule has 0 aliphatic carbocycles. The molecular weight excluding hydrogens is 308 g/mol. The molecular formula is C14H18N2O5S. The van der Waals surface area contributed by atoms with Gasteiger partial charge in [0.2, 0.25) is 15.9 Å². The van der Waals surface area contributed by atoms with Gasteiger partial charge in [-0.25, -0.2) is 13.6 Å². The molecule has 22 heavy (non-hydrogen) atoms. The fraction of sp³-hybridized carbons (Fsp3) is 0.429. The zero-order valence-corrected chi connectivity index (χ0v) is 13.0. The Labute approximate surface area is 129 Å². The Balaban J connectivity index is 2.05. The Bertz CT molecular complexity index is 669. The third-order valence-electron chi connectivity index (χ3n) is 3.50. The summed E-state index contributed by atoms with van der Waals surface area (Å²) < 4.78 is 26.8. The highest BCUT2D eigenvalue weighted by Gasteiger charge is 2.32. The number of ether oxygens (including phenoxy) is 1. The lowest BCUT2D eigenvalue weighted by Gasteiger charge is -2.17. The van der Waals surface area contributed by atoms with E-state index in [1.807, 2.05) is 0 Å². The van der Waals surface area contributed by atoms with Gasteiger partial charge in [0.05, 0.1) is 19.3 Å². The first-order valence-corrected chi connectivity index (χ1v) is 8.46. The van der Waals surface area contributed by atoms with Crippen LogP contribution < -0.4 is 10.0 Å². The van der Waals surface area contributed by atoms with Crippen molar-refractivity contribution in [1.82, 2.24) is 0 Å². The zero-order valence-electron chi connectivity index (χ0n) is 12.2. The smallest absolute Gasteiger partial charge is 0.309 e. The van der Waals surface area contributed by atoms with Gasteiger partial charge < -0.3 is 9.64 Å². The predicted octanol–water partition coefficient (Wildman–Crippen LogP) is 0.0435. The number of nitrogens with two attached hydrogens (primary N) is 1. The molecule has 0 bridgehead atoms. The molecule has 8 heteroatoms. The summed E-state index contributed by atoms with van der Waals surface area (Å²) in [6.07, 6.45) is 0.332. The van der Waals surface area contributed by atoms with E-state index in [-0.39, 0.29) is 36.4 Å². The van der Waals surface area contributed by atoms with E-state index in [9.17, 15) is 18.0 Å². The van der Waals surface area contributed by atoms with Crippen LogP contribution in [0.15, 0.2) is 24.3 Å². The van der Waals surface area contributed by atoms with E-state index in [0.29, 0.717) is 12.2 Å². The quantitative estimate of drug-likeness (QED) is 0.769. The minimum absolute atomic E-state index is 0.130. The van der Waals surface area contributed by atoms with E-state index in [1.54, 1.807) is 24.3 Å². The Morgan fingerprint density at radius 2 is 2.00 bits per heavy atom. The lowest BCUT2D eigenvalue weighted by Crippen LogP contribution is -2.27. The molecule has 0 radical (unpaired) electrons. The molecule has 0 aromatic heterocycles. The van der Waals surface area contributed by atoms with Crippen LogP contribution in [0.25, 0.3) is 0 Å². The van der Waals surface area contributed by atoms with Gasteiger partial charge in [-0.2, -0.15) is 0 Å². The second kappa shape index (κ2) is 6.45. The average molecular weight is 326 g/mol. The highest BCUT2D eigenvalue weighted by atomic mass is 32.2. The van der Waals surface area contributed by atoms with Gasteiger partial charge in [0.15, 0.2) is 0 Å². The van der Waals surface area contributed by atoms with Gasteiger partial charge in [0, 0.05) is 24.6 Å². The largest absolute Gasteiger partial charge is 0.469 e. The number of anilines is 1. The van der Waals surface area contributed by atoms with Gasteiger partial charge >= 0.3 is 5.97 Å². The summed E-state index contributed by atoms with van der Waals surface area (Å²) >= 11 is 0. The number of amides is 1. The molecule has 0 saturated carbocycles. The number of carbonyl (C=O) groups excluding carboxylic acids is 2. The van der Waals surface area contributed by atoms with Crippen LogP contribution in [0.4, 0.5) is 5.69 Å². The number of esters is 1. The van der Waals surface area contributed by atoms with Crippen LogP contribution in [-0.4, -0.2) is 39.7 Å². The number of hydrogen-bond acceptors (Lipinski definition) is 5. The summed E-state index contributed by atoms with van der Waals surface area (Å²) in [6.45, 7) is 0.325. The molecule has 1 unspecified atom stereocenters. The Morgan fingerprint density at radius 1 is 1.36 bits per heavy atom. The molecule has 1 aliphatic heterocycles. The molecule has 1 atom stereocenters. The third-order valence-corrected chi connectivity index (χ3v) is 4.43. The molecule has 1 heterocycles. The molecule has 1 aromatic carbocycles. The van der Waals surface area contributed by atoms with Crippen LogP contribution in [0.2, 0.25) is 0 Å². The van der Waals surface area contributed by atoms with E-state index >= 15 is 0 Å². The highest BCUT2D eigenvalue weighted by Crippen LogP contribution is 2.26. The van der Waals surface area contributed by atoms with Crippen molar-refractivity contribution in [1.29, 1.82) is 0 Å². The monoisotopic (exact) mass is 326 g/mol. The zero-order chi connectivity index (χ0) is 16.3. The molecule has 0 spiro atoms. The highest BCUT2D eigenvalue weighted by molar-refractivity contribution is 7.89. The maximum Gasteiger partial charge on any atom is 0.309 e. The number of nitrogens with zero attached hydrogens (tertiary/aromatic N) is 1. The summed E-state index contributed by atoms with van der Waals surface area (Å²) in [5.41, 5.74) is 1.46. The first-order chi connectivity index (χ1) is 10.3. The van der Waals surface area contributed by atoms with Crippen molar-refractivity contribution in [3.63, 3.8) is 0 Å². The lowest BCUT2D eigenvalue weighted by molar-refractivity contribution is -0.139. The van der Waals surface area contributed by atoms with E-state index in [4.69, 9.17) is 5.14 Å². The van der Waals surface area contributed by atoms with Crippen LogP contribution in [0.5, 0.6) is 0 Å². The fourth-order valence-electron chi connectivity index (χ4n) is 2.50. The maximum absolute atomic E-state index is 12.0. The number of benzene rings is 1. The molecule has 2 rings (SSSR count). The van der Waals surface area contributed by atoms with Crippen LogP contribution in [0.1, 0.15) is 12.0 Å². The fourth-order valence-corrected chi connectivity index (χ4v) is 3.38. The number of carbonyl (C=O) groups is 2. The van der Waals surface area contributed by atoms with Crippen LogP contribution in [0, 0.1) is 5.92 Å². The van der Waals surface area contributed by atoms with Crippen molar-refractivity contribution in [3.05, 3.63) is 29.8 Å². The number of sulfonamides is 1. The second-order valence-electron chi connectivity index (χ2n) is 5.32. The number of rotatable bonds is 5.